The molecule has 0 atom stereocenters. The normalized spacial score (nSPS) is 10.6. The van der Waals surface area contributed by atoms with Crippen molar-refractivity contribution in [2.24, 2.45) is 5.73 Å². The summed E-state index contributed by atoms with van der Waals surface area (Å²) in [7, 11) is 0. The molecule has 0 aliphatic heterocycles. The largest absolute Gasteiger partial charge is 0.449 e. The minimum absolute atomic E-state index is 0.318. The fourth-order valence-corrected chi connectivity index (χ4v) is 2.31. The van der Waals surface area contributed by atoms with Crippen molar-refractivity contribution in [3.05, 3.63) is 71.6 Å². The van der Waals surface area contributed by atoms with Crippen molar-refractivity contribution in [1.29, 1.82) is 0 Å². The van der Waals surface area contributed by atoms with Crippen LogP contribution in [0.4, 0.5) is 0 Å². The van der Waals surface area contributed by atoms with Crippen LogP contribution >= 0.6 is 0 Å². The molecule has 0 fully saturated rings. The summed E-state index contributed by atoms with van der Waals surface area (Å²) in [5.74, 6) is 0.130. The first-order chi connectivity index (χ1) is 10.6. The van der Waals surface area contributed by atoms with Crippen molar-refractivity contribution < 1.29 is 9.21 Å². The van der Waals surface area contributed by atoms with Gasteiger partial charge in [-0.2, -0.15) is 0 Å². The van der Waals surface area contributed by atoms with E-state index in [0.29, 0.717) is 18.0 Å². The van der Waals surface area contributed by atoms with E-state index in [1.54, 1.807) is 18.5 Å². The topological polar surface area (TPSA) is 82.0 Å². The molecule has 2 aromatic heterocycles. The molecular formula is C17H15N3O2. The fourth-order valence-electron chi connectivity index (χ4n) is 2.31. The Bertz CT molecular complexity index is 807. The zero-order valence-electron chi connectivity index (χ0n) is 12.1. The smallest absolute Gasteiger partial charge is 0.267 e. The zero-order chi connectivity index (χ0) is 15.5. The molecule has 0 saturated heterocycles. The van der Waals surface area contributed by atoms with Crippen molar-refractivity contribution in [1.82, 2.24) is 9.97 Å². The zero-order valence-corrected chi connectivity index (χ0v) is 12.1. The average molecular weight is 293 g/mol. The lowest BCUT2D eigenvalue weighted by atomic mass is 10.0. The molecule has 0 bridgehead atoms. The van der Waals surface area contributed by atoms with E-state index >= 15 is 0 Å². The number of aromatic nitrogens is 2. The van der Waals surface area contributed by atoms with Gasteiger partial charge in [0.1, 0.15) is 17.7 Å². The van der Waals surface area contributed by atoms with Gasteiger partial charge in [0.15, 0.2) is 5.89 Å². The first kappa shape index (κ1) is 14.0. The van der Waals surface area contributed by atoms with Gasteiger partial charge in [0.25, 0.3) is 5.91 Å². The van der Waals surface area contributed by atoms with Crippen LogP contribution in [0.1, 0.15) is 27.5 Å². The van der Waals surface area contributed by atoms with Gasteiger partial charge in [0, 0.05) is 18.7 Å². The predicted octanol–water partition coefficient (Wildman–Crippen LogP) is 2.73. The van der Waals surface area contributed by atoms with Crippen LogP contribution in [0, 0.1) is 6.92 Å². The van der Waals surface area contributed by atoms with Gasteiger partial charge >= 0.3 is 0 Å². The van der Waals surface area contributed by atoms with Crippen LogP contribution in [-0.4, -0.2) is 15.9 Å². The monoisotopic (exact) mass is 293 g/mol. The summed E-state index contributed by atoms with van der Waals surface area (Å²) in [6.07, 6.45) is 3.81. The molecule has 1 aromatic carbocycles. The maximum atomic E-state index is 11.4. The van der Waals surface area contributed by atoms with Crippen molar-refractivity contribution in [2.75, 3.05) is 0 Å². The number of amides is 1. The Balaban J connectivity index is 1.84. The van der Waals surface area contributed by atoms with Crippen LogP contribution in [-0.2, 0) is 6.42 Å². The van der Waals surface area contributed by atoms with Gasteiger partial charge in [-0.1, -0.05) is 30.3 Å². The molecular weight excluding hydrogens is 278 g/mol. The van der Waals surface area contributed by atoms with Gasteiger partial charge in [0.05, 0.1) is 0 Å². The molecule has 22 heavy (non-hydrogen) atoms. The maximum Gasteiger partial charge on any atom is 0.267 e. The van der Waals surface area contributed by atoms with E-state index in [9.17, 15) is 4.79 Å². The second-order valence-corrected chi connectivity index (χ2v) is 5.00. The molecule has 5 nitrogen and oxygen atoms in total. The standard InChI is InChI=1S/C17H15N3O2/c1-11-20-15(10-22-11)13-6-4-12(5-7-13)9-14-3-2-8-19-16(14)17(18)21/h2-8,10H,9H2,1H3,(H2,18,21). The summed E-state index contributed by atoms with van der Waals surface area (Å²) < 4.78 is 5.22. The highest BCUT2D eigenvalue weighted by molar-refractivity contribution is 5.92. The lowest BCUT2D eigenvalue weighted by Crippen LogP contribution is -2.15. The first-order valence-electron chi connectivity index (χ1n) is 6.88. The Kier molecular flexibility index (Phi) is 3.70. The van der Waals surface area contributed by atoms with Gasteiger partial charge < -0.3 is 10.2 Å². The average Bonchev–Trinajstić information content (AvgIpc) is 2.95. The highest BCUT2D eigenvalue weighted by Crippen LogP contribution is 2.20. The molecule has 0 aliphatic rings. The van der Waals surface area contributed by atoms with E-state index in [0.717, 1.165) is 22.4 Å². The number of carbonyl (C=O) groups excluding carboxylic acids is 1. The number of benzene rings is 1. The molecule has 110 valence electrons. The van der Waals surface area contributed by atoms with Gasteiger partial charge in [-0.05, 0) is 23.6 Å². The number of hydrogen-bond acceptors (Lipinski definition) is 4. The highest BCUT2D eigenvalue weighted by atomic mass is 16.3. The number of rotatable bonds is 4. The van der Waals surface area contributed by atoms with Gasteiger partial charge in [-0.3, -0.25) is 9.78 Å². The van der Waals surface area contributed by atoms with E-state index < -0.39 is 5.91 Å². The second-order valence-electron chi connectivity index (χ2n) is 5.00. The first-order valence-corrected chi connectivity index (χ1v) is 6.88. The van der Waals surface area contributed by atoms with Crippen LogP contribution < -0.4 is 5.73 Å². The minimum Gasteiger partial charge on any atom is -0.449 e. The Morgan fingerprint density at radius 1 is 1.23 bits per heavy atom. The van der Waals surface area contributed by atoms with Gasteiger partial charge in [-0.15, -0.1) is 0 Å². The quantitative estimate of drug-likeness (QED) is 0.801. The molecule has 2 heterocycles. The molecule has 0 spiro atoms. The maximum absolute atomic E-state index is 11.4. The van der Waals surface area contributed by atoms with E-state index in [4.69, 9.17) is 10.2 Å². The Morgan fingerprint density at radius 2 is 2.00 bits per heavy atom. The minimum atomic E-state index is -0.509. The number of carbonyl (C=O) groups is 1. The summed E-state index contributed by atoms with van der Waals surface area (Å²) in [6, 6.07) is 11.6. The van der Waals surface area contributed by atoms with Crippen LogP contribution in [0.3, 0.4) is 0 Å². The number of pyridine rings is 1. The second kappa shape index (κ2) is 5.81. The summed E-state index contributed by atoms with van der Waals surface area (Å²) in [6.45, 7) is 1.81. The summed E-state index contributed by atoms with van der Waals surface area (Å²) >= 11 is 0. The number of primary amides is 1. The Hall–Kier alpha value is -2.95. The lowest BCUT2D eigenvalue weighted by molar-refractivity contribution is 0.0994. The Labute approximate surface area is 127 Å². The molecule has 0 radical (unpaired) electrons. The molecule has 0 unspecified atom stereocenters. The number of oxazole rings is 1. The summed E-state index contributed by atoms with van der Waals surface area (Å²) in [5.41, 5.74) is 9.35. The summed E-state index contributed by atoms with van der Waals surface area (Å²) in [4.78, 5) is 19.7. The summed E-state index contributed by atoms with van der Waals surface area (Å²) in [5, 5.41) is 0. The number of nitrogens with zero attached hydrogens (tertiary/aromatic N) is 2. The van der Waals surface area contributed by atoms with Crippen LogP contribution in [0.2, 0.25) is 0 Å². The SMILES string of the molecule is Cc1nc(-c2ccc(Cc3cccnc3C(N)=O)cc2)co1. The van der Waals surface area contributed by atoms with E-state index in [2.05, 4.69) is 9.97 Å². The third kappa shape index (κ3) is 2.88. The van der Waals surface area contributed by atoms with Gasteiger partial charge in [0.2, 0.25) is 0 Å². The lowest BCUT2D eigenvalue weighted by Gasteiger charge is -2.06. The van der Waals surface area contributed by atoms with Crippen LogP contribution in [0.5, 0.6) is 0 Å². The van der Waals surface area contributed by atoms with E-state index in [-0.39, 0.29) is 0 Å². The number of aryl methyl sites for hydroxylation is 1. The predicted molar refractivity (Wildman–Crippen MR) is 82.2 cm³/mol. The molecule has 2 N–H and O–H groups in total. The molecule has 0 saturated carbocycles. The Morgan fingerprint density at radius 3 is 2.64 bits per heavy atom. The van der Waals surface area contributed by atoms with E-state index in [1.165, 1.54) is 0 Å². The van der Waals surface area contributed by atoms with Gasteiger partial charge in [-0.25, -0.2) is 4.98 Å². The fraction of sp³-hybridized carbons (Fsp3) is 0.118. The van der Waals surface area contributed by atoms with Crippen LogP contribution in [0.15, 0.2) is 53.3 Å². The van der Waals surface area contributed by atoms with Crippen molar-refractivity contribution in [2.45, 2.75) is 13.3 Å². The van der Waals surface area contributed by atoms with Crippen molar-refractivity contribution >= 4 is 5.91 Å². The highest BCUT2D eigenvalue weighted by Gasteiger charge is 2.10. The number of hydrogen-bond donors (Lipinski definition) is 1. The molecule has 0 aliphatic carbocycles. The van der Waals surface area contributed by atoms with Crippen molar-refractivity contribution in [3.63, 3.8) is 0 Å². The molecule has 3 rings (SSSR count). The van der Waals surface area contributed by atoms with E-state index in [1.807, 2.05) is 37.3 Å². The molecule has 1 amide bonds. The van der Waals surface area contributed by atoms with Crippen molar-refractivity contribution in [3.8, 4) is 11.3 Å². The van der Waals surface area contributed by atoms with Crippen LogP contribution in [0.25, 0.3) is 11.3 Å². The molecule has 5 heteroatoms. The number of nitrogens with two attached hydrogens (primary N) is 1. The molecule has 3 aromatic rings. The third-order valence-electron chi connectivity index (χ3n) is 3.39. The third-order valence-corrected chi connectivity index (χ3v) is 3.39.